The molecule has 3 heterocycles. The molecule has 1 aromatic rings. The van der Waals surface area contributed by atoms with Crippen LogP contribution in [0.4, 0.5) is 17.8 Å². The van der Waals surface area contributed by atoms with Gasteiger partial charge in [-0.05, 0) is 108 Å². The molecular formula is C31H60N8O. The smallest absolute Gasteiger partial charge is 0.253 e. The maximum atomic E-state index is 10.1. The maximum Gasteiger partial charge on any atom is 0.253 e. The normalized spacial score (nSPS) is 23.2. The number of piperidine rings is 2. The zero-order chi connectivity index (χ0) is 30.1. The molecule has 2 aliphatic heterocycles. The van der Waals surface area contributed by atoms with Crippen molar-refractivity contribution in [2.45, 2.75) is 155 Å². The Morgan fingerprint density at radius 1 is 0.675 bits per heavy atom. The van der Waals surface area contributed by atoms with Crippen molar-refractivity contribution in [2.24, 2.45) is 0 Å². The molecule has 2 saturated heterocycles. The van der Waals surface area contributed by atoms with E-state index < -0.39 is 0 Å². The fourth-order valence-corrected chi connectivity index (χ4v) is 7.29. The van der Waals surface area contributed by atoms with Crippen molar-refractivity contribution in [3.63, 3.8) is 0 Å². The number of hydrogen-bond donors (Lipinski definition) is 2. The lowest BCUT2D eigenvalue weighted by Crippen LogP contribution is -2.63. The second-order valence-corrected chi connectivity index (χ2v) is 15.0. The zero-order valence-corrected chi connectivity index (χ0v) is 27.8. The lowest BCUT2D eigenvalue weighted by molar-refractivity contribution is -0.0130. The number of hydrogen-bond acceptors (Lipinski definition) is 9. The molecule has 2 aliphatic rings. The van der Waals surface area contributed by atoms with Gasteiger partial charge in [0.1, 0.15) is 0 Å². The zero-order valence-electron chi connectivity index (χ0n) is 27.8. The minimum absolute atomic E-state index is 0.0449. The van der Waals surface area contributed by atoms with E-state index in [1.807, 2.05) is 0 Å². The van der Waals surface area contributed by atoms with Crippen LogP contribution in [0.3, 0.4) is 0 Å². The second kappa shape index (κ2) is 12.3. The molecule has 3 rings (SSSR count). The van der Waals surface area contributed by atoms with Gasteiger partial charge in [-0.25, -0.2) is 5.48 Å². The summed E-state index contributed by atoms with van der Waals surface area (Å²) in [5, 5.41) is 10.1. The summed E-state index contributed by atoms with van der Waals surface area (Å²) < 4.78 is 0. The maximum absolute atomic E-state index is 10.1. The highest BCUT2D eigenvalue weighted by Crippen LogP contribution is 2.42. The molecule has 0 radical (unpaired) electrons. The van der Waals surface area contributed by atoms with Crippen molar-refractivity contribution < 1.29 is 5.21 Å². The van der Waals surface area contributed by atoms with Crippen LogP contribution in [0.25, 0.3) is 0 Å². The SMILES string of the molecule is CCCCN(c1nc(NO)nc(N(CCCC)C2CC(C)(C)N(C)C(C)(C)C2)n1)C1CC(C)(C)N(C)C(C)(C)C1. The quantitative estimate of drug-likeness (QED) is 0.308. The second-order valence-electron chi connectivity index (χ2n) is 15.0. The molecule has 0 aromatic carbocycles. The molecule has 9 nitrogen and oxygen atoms in total. The Morgan fingerprint density at radius 3 is 1.27 bits per heavy atom. The van der Waals surface area contributed by atoms with E-state index in [9.17, 15) is 5.21 Å². The van der Waals surface area contributed by atoms with Crippen molar-refractivity contribution in [1.29, 1.82) is 0 Å². The molecule has 2 fully saturated rings. The Labute approximate surface area is 245 Å². The molecule has 9 heteroatoms. The highest BCUT2D eigenvalue weighted by molar-refractivity contribution is 5.46. The largest absolute Gasteiger partial charge is 0.338 e. The predicted molar refractivity (Wildman–Crippen MR) is 168 cm³/mol. The summed E-state index contributed by atoms with van der Waals surface area (Å²) in [6, 6.07) is 0.583. The number of unbranched alkanes of at least 4 members (excludes halogenated alkanes) is 2. The van der Waals surface area contributed by atoms with Crippen LogP contribution in [-0.2, 0) is 0 Å². The Bertz CT molecular complexity index is 870. The molecule has 40 heavy (non-hydrogen) atoms. The van der Waals surface area contributed by atoms with Crippen LogP contribution in [0.5, 0.6) is 0 Å². The molecule has 0 unspecified atom stereocenters. The average molecular weight is 561 g/mol. The fraction of sp³-hybridized carbons (Fsp3) is 0.903. The molecular weight excluding hydrogens is 500 g/mol. The molecule has 0 aliphatic carbocycles. The standard InChI is InChI=1S/C31H60N8O/c1-13-15-17-38(23-19-28(3,4)36(11)29(5,6)20-23)26-32-25(35-40)33-27(34-26)39(18-16-14-2)24-21-30(7,8)37(12)31(9,10)22-24/h23-24,40H,13-22H2,1-12H3,(H,32,33,34,35). The summed E-state index contributed by atoms with van der Waals surface area (Å²) in [4.78, 5) is 24.6. The summed E-state index contributed by atoms with van der Waals surface area (Å²) in [6.07, 6.45) is 8.42. The van der Waals surface area contributed by atoms with Crippen LogP contribution in [0.2, 0.25) is 0 Å². The van der Waals surface area contributed by atoms with Gasteiger partial charge in [-0.2, -0.15) is 15.0 Å². The van der Waals surface area contributed by atoms with Crippen molar-refractivity contribution in [2.75, 3.05) is 42.5 Å². The van der Waals surface area contributed by atoms with Gasteiger partial charge in [0.15, 0.2) is 0 Å². The van der Waals surface area contributed by atoms with E-state index in [-0.39, 0.29) is 28.1 Å². The van der Waals surface area contributed by atoms with Gasteiger partial charge in [0.2, 0.25) is 11.9 Å². The van der Waals surface area contributed by atoms with Crippen molar-refractivity contribution in [1.82, 2.24) is 24.8 Å². The number of nitrogens with one attached hydrogen (secondary N) is 1. The van der Waals surface area contributed by atoms with Gasteiger partial charge in [0.25, 0.3) is 5.95 Å². The van der Waals surface area contributed by atoms with Gasteiger partial charge in [0.05, 0.1) is 0 Å². The Hall–Kier alpha value is -1.71. The number of likely N-dealkylation sites (tertiary alicyclic amines) is 2. The van der Waals surface area contributed by atoms with Crippen molar-refractivity contribution in [3.05, 3.63) is 0 Å². The Morgan fingerprint density at radius 2 is 1.00 bits per heavy atom. The number of anilines is 3. The Kier molecular flexibility index (Phi) is 10.1. The highest BCUT2D eigenvalue weighted by Gasteiger charge is 2.47. The van der Waals surface area contributed by atoms with Crippen molar-refractivity contribution in [3.8, 4) is 0 Å². The van der Waals surface area contributed by atoms with Gasteiger partial charge in [-0.1, -0.05) is 26.7 Å². The lowest BCUT2D eigenvalue weighted by Gasteiger charge is -2.56. The third-order valence-electron chi connectivity index (χ3n) is 10.2. The van der Waals surface area contributed by atoms with Gasteiger partial charge in [-0.3, -0.25) is 15.0 Å². The Balaban J connectivity index is 2.08. The summed E-state index contributed by atoms with van der Waals surface area (Å²) in [5.41, 5.74) is 2.46. The summed E-state index contributed by atoms with van der Waals surface area (Å²) in [5.74, 6) is 1.56. The topological polar surface area (TPSA) is 83.9 Å². The first kappa shape index (κ1) is 32.8. The van der Waals surface area contributed by atoms with E-state index in [4.69, 9.17) is 15.0 Å². The summed E-state index contributed by atoms with van der Waals surface area (Å²) >= 11 is 0. The summed E-state index contributed by atoms with van der Waals surface area (Å²) in [7, 11) is 4.50. The van der Waals surface area contributed by atoms with E-state index >= 15 is 0 Å². The van der Waals surface area contributed by atoms with E-state index in [2.05, 4.69) is 108 Å². The van der Waals surface area contributed by atoms with E-state index in [1.165, 1.54) is 0 Å². The molecule has 0 saturated carbocycles. The van der Waals surface area contributed by atoms with Crippen LogP contribution in [0.1, 0.15) is 121 Å². The minimum atomic E-state index is 0.0449. The predicted octanol–water partition coefficient (Wildman–Crippen LogP) is 6.19. The first-order valence-electron chi connectivity index (χ1n) is 15.7. The molecule has 0 bridgehead atoms. The summed E-state index contributed by atoms with van der Waals surface area (Å²) in [6.45, 7) is 25.0. The van der Waals surface area contributed by atoms with Gasteiger partial charge >= 0.3 is 0 Å². The fourth-order valence-electron chi connectivity index (χ4n) is 7.29. The van der Waals surface area contributed by atoms with E-state index in [0.29, 0.717) is 24.0 Å². The van der Waals surface area contributed by atoms with Gasteiger partial charge in [-0.15, -0.1) is 0 Å². The average Bonchev–Trinajstić information content (AvgIpc) is 2.85. The van der Waals surface area contributed by atoms with Gasteiger partial charge in [0, 0.05) is 47.3 Å². The number of nitrogens with zero attached hydrogens (tertiary/aromatic N) is 7. The molecule has 2 N–H and O–H groups in total. The van der Waals surface area contributed by atoms with E-state index in [0.717, 1.165) is 64.5 Å². The molecule has 0 atom stereocenters. The van der Waals surface area contributed by atoms with Crippen LogP contribution in [0.15, 0.2) is 0 Å². The molecule has 1 aromatic heterocycles. The van der Waals surface area contributed by atoms with Crippen LogP contribution >= 0.6 is 0 Å². The third kappa shape index (κ3) is 7.01. The van der Waals surface area contributed by atoms with Crippen molar-refractivity contribution >= 4 is 17.8 Å². The highest BCUT2D eigenvalue weighted by atomic mass is 16.5. The molecule has 230 valence electrons. The monoisotopic (exact) mass is 560 g/mol. The third-order valence-corrected chi connectivity index (χ3v) is 10.2. The minimum Gasteiger partial charge on any atom is -0.338 e. The molecule has 0 amide bonds. The van der Waals surface area contributed by atoms with Crippen LogP contribution in [-0.4, -0.2) is 91.4 Å². The lowest BCUT2D eigenvalue weighted by atomic mass is 9.77. The number of aromatic nitrogens is 3. The first-order chi connectivity index (χ1) is 18.5. The van der Waals surface area contributed by atoms with E-state index in [1.54, 1.807) is 0 Å². The van der Waals surface area contributed by atoms with Crippen LogP contribution < -0.4 is 15.3 Å². The molecule has 0 spiro atoms. The number of rotatable bonds is 11. The first-order valence-corrected chi connectivity index (χ1v) is 15.7. The van der Waals surface area contributed by atoms with Crippen LogP contribution in [0, 0.1) is 0 Å². The van der Waals surface area contributed by atoms with Gasteiger partial charge < -0.3 is 9.80 Å².